The summed E-state index contributed by atoms with van der Waals surface area (Å²) in [6, 6.07) is 4.13. The Bertz CT molecular complexity index is 384. The van der Waals surface area contributed by atoms with Crippen molar-refractivity contribution in [1.29, 1.82) is 5.26 Å². The van der Waals surface area contributed by atoms with Gasteiger partial charge in [-0.3, -0.25) is 0 Å². The van der Waals surface area contributed by atoms with Gasteiger partial charge in [-0.2, -0.15) is 5.26 Å². The normalized spacial score (nSPS) is 12.2. The zero-order valence-corrected chi connectivity index (χ0v) is 8.48. The van der Waals surface area contributed by atoms with Crippen molar-refractivity contribution in [2.45, 2.75) is 19.4 Å². The van der Waals surface area contributed by atoms with E-state index in [9.17, 15) is 4.39 Å². The lowest BCUT2D eigenvalue weighted by molar-refractivity contribution is 0.584. The van der Waals surface area contributed by atoms with Crippen LogP contribution in [-0.2, 0) is 0 Å². The van der Waals surface area contributed by atoms with E-state index >= 15 is 0 Å². The molecule has 0 aliphatic carbocycles. The molecule has 1 rings (SSSR count). The van der Waals surface area contributed by atoms with Crippen LogP contribution in [0.1, 0.15) is 23.6 Å². The highest BCUT2D eigenvalue weighted by atomic mass is 35.5. The first kappa shape index (κ1) is 11.0. The summed E-state index contributed by atoms with van der Waals surface area (Å²) in [5, 5.41) is 8.77. The van der Waals surface area contributed by atoms with Gasteiger partial charge in [0.15, 0.2) is 0 Å². The van der Waals surface area contributed by atoms with Gasteiger partial charge in [-0.25, -0.2) is 4.39 Å². The first-order valence-electron chi connectivity index (χ1n) is 4.15. The molecule has 0 heterocycles. The first-order valence-corrected chi connectivity index (χ1v) is 4.52. The molecule has 2 N–H and O–H groups in total. The predicted molar refractivity (Wildman–Crippen MR) is 53.3 cm³/mol. The number of halogens is 2. The molecule has 0 bridgehead atoms. The van der Waals surface area contributed by atoms with Gasteiger partial charge in [0, 0.05) is 11.6 Å². The fourth-order valence-electron chi connectivity index (χ4n) is 1.22. The van der Waals surface area contributed by atoms with Crippen molar-refractivity contribution in [3.05, 3.63) is 34.1 Å². The Labute approximate surface area is 87.1 Å². The Morgan fingerprint density at radius 3 is 2.86 bits per heavy atom. The molecule has 0 spiro atoms. The minimum atomic E-state index is -0.660. The topological polar surface area (TPSA) is 49.8 Å². The summed E-state index contributed by atoms with van der Waals surface area (Å²) in [6.07, 6.45) is 0.0556. The molecule has 2 nitrogen and oxygen atoms in total. The van der Waals surface area contributed by atoms with Crippen molar-refractivity contribution in [3.63, 3.8) is 0 Å². The van der Waals surface area contributed by atoms with Gasteiger partial charge in [-0.05, 0) is 18.6 Å². The molecule has 0 fully saturated rings. The van der Waals surface area contributed by atoms with E-state index in [1.54, 1.807) is 13.0 Å². The second kappa shape index (κ2) is 4.41. The average molecular weight is 213 g/mol. The molecule has 74 valence electrons. The summed E-state index contributed by atoms with van der Waals surface area (Å²) < 4.78 is 13.3. The van der Waals surface area contributed by atoms with Crippen LogP contribution in [0.3, 0.4) is 0 Å². The molecule has 1 aromatic rings. The van der Waals surface area contributed by atoms with E-state index in [1.807, 2.05) is 6.07 Å². The van der Waals surface area contributed by atoms with Gasteiger partial charge in [0.05, 0.1) is 17.5 Å². The summed E-state index contributed by atoms with van der Waals surface area (Å²) >= 11 is 5.90. The highest BCUT2D eigenvalue weighted by Gasteiger charge is 2.16. The number of nitriles is 1. The number of nitrogens with two attached hydrogens (primary N) is 1. The summed E-state index contributed by atoms with van der Waals surface area (Å²) in [5.74, 6) is -0.455. The number of hydrogen-bond donors (Lipinski definition) is 1. The van der Waals surface area contributed by atoms with Crippen molar-refractivity contribution < 1.29 is 4.39 Å². The Kier molecular flexibility index (Phi) is 3.45. The van der Waals surface area contributed by atoms with Crippen LogP contribution >= 0.6 is 11.6 Å². The first-order chi connectivity index (χ1) is 6.57. The van der Waals surface area contributed by atoms with Gasteiger partial charge in [0.25, 0.3) is 0 Å². The SMILES string of the molecule is Cc1ccc(F)c([C@@H](N)CC#N)c1Cl. The maximum absolute atomic E-state index is 13.3. The van der Waals surface area contributed by atoms with Crippen LogP contribution in [0.15, 0.2) is 12.1 Å². The van der Waals surface area contributed by atoms with E-state index in [-0.39, 0.29) is 12.0 Å². The van der Waals surface area contributed by atoms with E-state index in [4.69, 9.17) is 22.6 Å². The number of benzene rings is 1. The Balaban J connectivity index is 3.19. The zero-order chi connectivity index (χ0) is 10.7. The quantitative estimate of drug-likeness (QED) is 0.820. The standard InChI is InChI=1S/C10H10ClFN2/c1-6-2-3-7(12)9(10(6)11)8(14)4-5-13/h2-3,8H,4,14H2,1H3/t8-/m0/s1. The minimum absolute atomic E-state index is 0.0556. The third kappa shape index (κ3) is 2.03. The fraction of sp³-hybridized carbons (Fsp3) is 0.300. The van der Waals surface area contributed by atoms with Gasteiger partial charge < -0.3 is 5.73 Å². The third-order valence-corrected chi connectivity index (χ3v) is 2.50. The van der Waals surface area contributed by atoms with E-state index < -0.39 is 11.9 Å². The average Bonchev–Trinajstić information content (AvgIpc) is 2.13. The maximum Gasteiger partial charge on any atom is 0.129 e. The summed E-state index contributed by atoms with van der Waals surface area (Å²) in [6.45, 7) is 1.77. The van der Waals surface area contributed by atoms with Gasteiger partial charge in [0.2, 0.25) is 0 Å². The lowest BCUT2D eigenvalue weighted by atomic mass is 10.0. The van der Waals surface area contributed by atoms with Crippen LogP contribution < -0.4 is 5.73 Å². The fourth-order valence-corrected chi connectivity index (χ4v) is 1.51. The third-order valence-electron chi connectivity index (χ3n) is 2.00. The molecule has 0 saturated heterocycles. The monoisotopic (exact) mass is 212 g/mol. The molecule has 0 radical (unpaired) electrons. The number of rotatable bonds is 2. The summed E-state index contributed by atoms with van der Waals surface area (Å²) in [7, 11) is 0. The number of aryl methyl sites for hydroxylation is 1. The van der Waals surface area contributed by atoms with E-state index in [0.717, 1.165) is 5.56 Å². The smallest absolute Gasteiger partial charge is 0.129 e. The maximum atomic E-state index is 13.3. The molecule has 14 heavy (non-hydrogen) atoms. The minimum Gasteiger partial charge on any atom is -0.323 e. The molecule has 0 aliphatic heterocycles. The van der Waals surface area contributed by atoms with Crippen LogP contribution in [0.25, 0.3) is 0 Å². The van der Waals surface area contributed by atoms with Gasteiger partial charge >= 0.3 is 0 Å². The van der Waals surface area contributed by atoms with Crippen molar-refractivity contribution >= 4 is 11.6 Å². The lowest BCUT2D eigenvalue weighted by Gasteiger charge is -2.12. The van der Waals surface area contributed by atoms with Crippen LogP contribution in [0.4, 0.5) is 4.39 Å². The van der Waals surface area contributed by atoms with Gasteiger partial charge in [-0.15, -0.1) is 0 Å². The van der Waals surface area contributed by atoms with E-state index in [2.05, 4.69) is 0 Å². The number of hydrogen-bond acceptors (Lipinski definition) is 2. The molecule has 0 amide bonds. The number of nitrogens with zero attached hydrogens (tertiary/aromatic N) is 1. The van der Waals surface area contributed by atoms with Gasteiger partial charge in [-0.1, -0.05) is 17.7 Å². The molecule has 4 heteroatoms. The molecule has 0 saturated carbocycles. The summed E-state index contributed by atoms with van der Waals surface area (Å²) in [5.41, 5.74) is 6.62. The second-order valence-corrected chi connectivity index (χ2v) is 3.44. The highest BCUT2D eigenvalue weighted by Crippen LogP contribution is 2.28. The van der Waals surface area contributed by atoms with Crippen LogP contribution in [0.5, 0.6) is 0 Å². The molecule has 0 unspecified atom stereocenters. The van der Waals surface area contributed by atoms with E-state index in [1.165, 1.54) is 6.07 Å². The predicted octanol–water partition coefficient (Wildman–Crippen LogP) is 2.70. The molecule has 1 atom stereocenters. The van der Waals surface area contributed by atoms with Crippen LogP contribution in [0.2, 0.25) is 5.02 Å². The van der Waals surface area contributed by atoms with Crippen LogP contribution in [-0.4, -0.2) is 0 Å². The van der Waals surface area contributed by atoms with Gasteiger partial charge in [0.1, 0.15) is 5.82 Å². The Hall–Kier alpha value is -1.11. The molecule has 1 aromatic carbocycles. The molecular weight excluding hydrogens is 203 g/mol. The van der Waals surface area contributed by atoms with Crippen molar-refractivity contribution in [2.24, 2.45) is 5.73 Å². The Morgan fingerprint density at radius 1 is 1.64 bits per heavy atom. The zero-order valence-electron chi connectivity index (χ0n) is 7.72. The Morgan fingerprint density at radius 2 is 2.29 bits per heavy atom. The van der Waals surface area contributed by atoms with Crippen molar-refractivity contribution in [1.82, 2.24) is 0 Å². The summed E-state index contributed by atoms with van der Waals surface area (Å²) in [4.78, 5) is 0. The molecule has 0 aromatic heterocycles. The largest absolute Gasteiger partial charge is 0.323 e. The van der Waals surface area contributed by atoms with Crippen molar-refractivity contribution in [3.8, 4) is 6.07 Å². The van der Waals surface area contributed by atoms with Crippen molar-refractivity contribution in [2.75, 3.05) is 0 Å². The second-order valence-electron chi connectivity index (χ2n) is 3.06. The van der Waals surface area contributed by atoms with Crippen LogP contribution in [0, 0.1) is 24.1 Å². The van der Waals surface area contributed by atoms with E-state index in [0.29, 0.717) is 5.02 Å². The lowest BCUT2D eigenvalue weighted by Crippen LogP contribution is -2.12. The highest BCUT2D eigenvalue weighted by molar-refractivity contribution is 6.32. The molecular formula is C10H10ClFN2. The molecule has 0 aliphatic rings.